The van der Waals surface area contributed by atoms with Crippen LogP contribution < -0.4 is 0 Å². The number of furan rings is 1. The molecule has 0 amide bonds. The maximum atomic E-state index is 6.64. The topological polar surface area (TPSA) is 56.7 Å². The maximum absolute atomic E-state index is 6.64. The van der Waals surface area contributed by atoms with Crippen molar-refractivity contribution in [2.45, 2.75) is 0 Å². The highest BCUT2D eigenvalue weighted by Gasteiger charge is 2.24. The first-order valence-corrected chi connectivity index (χ1v) is 16.7. The lowest BCUT2D eigenvalue weighted by Crippen LogP contribution is -2.05. The van der Waals surface area contributed by atoms with Gasteiger partial charge in [-0.05, 0) is 35.9 Å². The van der Waals surface area contributed by atoms with Crippen molar-refractivity contribution in [2.75, 3.05) is 0 Å². The van der Waals surface area contributed by atoms with Crippen LogP contribution in [0.25, 0.3) is 94.7 Å². The van der Waals surface area contributed by atoms with Gasteiger partial charge in [0.1, 0.15) is 11.2 Å². The Kier molecular flexibility index (Phi) is 6.42. The van der Waals surface area contributed by atoms with Gasteiger partial charge in [-0.1, -0.05) is 140 Å². The fraction of sp³-hybridized carbons (Fsp3) is 0. The molecule has 5 heteroatoms. The smallest absolute Gasteiger partial charge is 0.166 e. The van der Waals surface area contributed by atoms with Gasteiger partial charge < -0.3 is 8.98 Å². The average Bonchev–Trinajstić information content (AvgIpc) is 3.74. The standard InChI is InChI=1S/C45H28N4O/c1-4-15-29(16-5-1)32-23-14-24-36(45-47-43(30-17-6-2-7-18-30)46-44(48-45)31-19-8-3-9-20-31)41(32)49-37-25-12-10-22-35(37)40-38(49)28-27-34-33-21-11-13-26-39(33)50-42(34)40/h1-28H. The van der Waals surface area contributed by atoms with Crippen molar-refractivity contribution in [3.8, 4) is 51.0 Å². The second-order valence-corrected chi connectivity index (χ2v) is 12.4. The molecule has 0 aliphatic carbocycles. The summed E-state index contributed by atoms with van der Waals surface area (Å²) < 4.78 is 9.00. The summed E-state index contributed by atoms with van der Waals surface area (Å²) in [6.45, 7) is 0. The van der Waals surface area contributed by atoms with Gasteiger partial charge in [-0.3, -0.25) is 0 Å². The van der Waals surface area contributed by atoms with Gasteiger partial charge in [-0.2, -0.15) is 0 Å². The number of hydrogen-bond donors (Lipinski definition) is 0. The van der Waals surface area contributed by atoms with Gasteiger partial charge in [-0.25, -0.2) is 15.0 Å². The number of nitrogens with zero attached hydrogens (tertiary/aromatic N) is 4. The molecule has 0 saturated carbocycles. The molecule has 0 N–H and O–H groups in total. The van der Waals surface area contributed by atoms with Gasteiger partial charge in [-0.15, -0.1) is 0 Å². The molecule has 0 spiro atoms. The van der Waals surface area contributed by atoms with Crippen molar-refractivity contribution in [3.05, 3.63) is 170 Å². The zero-order valence-corrected chi connectivity index (χ0v) is 26.9. The van der Waals surface area contributed by atoms with Crippen LogP contribution in [0.4, 0.5) is 0 Å². The fourth-order valence-electron chi connectivity index (χ4n) is 7.22. The van der Waals surface area contributed by atoms with Gasteiger partial charge >= 0.3 is 0 Å². The lowest BCUT2D eigenvalue weighted by Gasteiger charge is -2.19. The third-order valence-corrected chi connectivity index (χ3v) is 9.46. The molecule has 3 heterocycles. The molecule has 0 unspecified atom stereocenters. The Labute approximate surface area is 287 Å². The fourth-order valence-corrected chi connectivity index (χ4v) is 7.22. The molecule has 5 nitrogen and oxygen atoms in total. The van der Waals surface area contributed by atoms with E-state index in [1.807, 2.05) is 72.8 Å². The molecule has 0 saturated heterocycles. The minimum Gasteiger partial charge on any atom is -0.455 e. The molecule has 7 aromatic carbocycles. The van der Waals surface area contributed by atoms with E-state index in [1.54, 1.807) is 0 Å². The molecule has 50 heavy (non-hydrogen) atoms. The third kappa shape index (κ3) is 4.45. The van der Waals surface area contributed by atoms with E-state index in [0.29, 0.717) is 17.5 Å². The summed E-state index contributed by atoms with van der Waals surface area (Å²) in [5.41, 5.74) is 9.79. The number of rotatable bonds is 5. The Morgan fingerprint density at radius 2 is 0.940 bits per heavy atom. The third-order valence-electron chi connectivity index (χ3n) is 9.46. The molecule has 10 aromatic rings. The first kappa shape index (κ1) is 28.2. The molecular formula is C45H28N4O. The number of benzene rings is 7. The summed E-state index contributed by atoms with van der Waals surface area (Å²) in [7, 11) is 0. The zero-order chi connectivity index (χ0) is 33.0. The Morgan fingerprint density at radius 1 is 0.380 bits per heavy atom. The molecule has 0 aliphatic heterocycles. The van der Waals surface area contributed by atoms with E-state index in [9.17, 15) is 0 Å². The van der Waals surface area contributed by atoms with Crippen LogP contribution in [0.5, 0.6) is 0 Å². The van der Waals surface area contributed by atoms with Crippen LogP contribution in [0.1, 0.15) is 0 Å². The molecular weight excluding hydrogens is 613 g/mol. The average molecular weight is 641 g/mol. The van der Waals surface area contributed by atoms with E-state index in [0.717, 1.165) is 77.2 Å². The largest absolute Gasteiger partial charge is 0.455 e. The van der Waals surface area contributed by atoms with Crippen molar-refractivity contribution in [1.29, 1.82) is 0 Å². The molecule has 0 aliphatic rings. The summed E-state index contributed by atoms with van der Waals surface area (Å²) >= 11 is 0. The van der Waals surface area contributed by atoms with Gasteiger partial charge in [0.15, 0.2) is 17.5 Å². The van der Waals surface area contributed by atoms with Crippen molar-refractivity contribution < 1.29 is 4.42 Å². The normalized spacial score (nSPS) is 11.6. The minimum absolute atomic E-state index is 0.598. The molecule has 234 valence electrons. The van der Waals surface area contributed by atoms with E-state index in [2.05, 4.69) is 102 Å². The van der Waals surface area contributed by atoms with Crippen LogP contribution in [-0.2, 0) is 0 Å². The van der Waals surface area contributed by atoms with Crippen molar-refractivity contribution in [3.63, 3.8) is 0 Å². The second kappa shape index (κ2) is 11.4. The molecule has 0 atom stereocenters. The lowest BCUT2D eigenvalue weighted by atomic mass is 9.98. The number of hydrogen-bond acceptors (Lipinski definition) is 4. The van der Waals surface area contributed by atoms with E-state index in [4.69, 9.17) is 19.4 Å². The van der Waals surface area contributed by atoms with Crippen LogP contribution in [0.2, 0.25) is 0 Å². The molecule has 3 aromatic heterocycles. The summed E-state index contributed by atoms with van der Waals surface area (Å²) in [5.74, 6) is 1.84. The first-order chi connectivity index (χ1) is 24.8. The molecule has 0 fully saturated rings. The maximum Gasteiger partial charge on any atom is 0.166 e. The van der Waals surface area contributed by atoms with Gasteiger partial charge in [0, 0.05) is 38.4 Å². The molecule has 0 bridgehead atoms. The van der Waals surface area contributed by atoms with Crippen molar-refractivity contribution >= 4 is 43.7 Å². The van der Waals surface area contributed by atoms with Gasteiger partial charge in [0.25, 0.3) is 0 Å². The van der Waals surface area contributed by atoms with Crippen molar-refractivity contribution in [2.24, 2.45) is 0 Å². The highest BCUT2D eigenvalue weighted by molar-refractivity contribution is 6.24. The van der Waals surface area contributed by atoms with E-state index >= 15 is 0 Å². The number of fused-ring (bicyclic) bond motifs is 7. The lowest BCUT2D eigenvalue weighted by molar-refractivity contribution is 0.673. The monoisotopic (exact) mass is 640 g/mol. The summed E-state index contributed by atoms with van der Waals surface area (Å²) in [6.07, 6.45) is 0. The van der Waals surface area contributed by atoms with Crippen molar-refractivity contribution in [1.82, 2.24) is 19.5 Å². The number of aromatic nitrogens is 4. The summed E-state index contributed by atoms with van der Waals surface area (Å²) in [6, 6.07) is 58.4. The zero-order valence-electron chi connectivity index (χ0n) is 26.9. The summed E-state index contributed by atoms with van der Waals surface area (Å²) in [4.78, 5) is 15.4. The van der Waals surface area contributed by atoms with Gasteiger partial charge in [0.2, 0.25) is 0 Å². The van der Waals surface area contributed by atoms with Crippen LogP contribution in [0, 0.1) is 0 Å². The highest BCUT2D eigenvalue weighted by Crippen LogP contribution is 2.44. The molecule has 0 radical (unpaired) electrons. The molecule has 10 rings (SSSR count). The van der Waals surface area contributed by atoms with Crippen LogP contribution in [0.3, 0.4) is 0 Å². The van der Waals surface area contributed by atoms with E-state index in [-0.39, 0.29) is 0 Å². The second-order valence-electron chi connectivity index (χ2n) is 12.4. The Morgan fingerprint density at radius 3 is 1.64 bits per heavy atom. The highest BCUT2D eigenvalue weighted by atomic mass is 16.3. The Bertz CT molecular complexity index is 2800. The van der Waals surface area contributed by atoms with Crippen LogP contribution >= 0.6 is 0 Å². The first-order valence-electron chi connectivity index (χ1n) is 16.7. The van der Waals surface area contributed by atoms with E-state index < -0.39 is 0 Å². The number of para-hydroxylation sites is 3. The van der Waals surface area contributed by atoms with Gasteiger partial charge in [0.05, 0.1) is 22.1 Å². The predicted octanol–water partition coefficient (Wildman–Crippen LogP) is 11.5. The van der Waals surface area contributed by atoms with E-state index in [1.165, 1.54) is 0 Å². The Hall–Kier alpha value is -6.85. The van der Waals surface area contributed by atoms with Crippen LogP contribution in [-0.4, -0.2) is 19.5 Å². The minimum atomic E-state index is 0.598. The summed E-state index contributed by atoms with van der Waals surface area (Å²) in [5, 5.41) is 4.41. The predicted molar refractivity (Wildman–Crippen MR) is 203 cm³/mol. The SMILES string of the molecule is c1ccc(-c2nc(-c3ccccc3)nc(-c3cccc(-c4ccccc4)c3-n3c4ccccc4c4c5oc6ccccc6c5ccc43)n2)cc1. The Balaban J connectivity index is 1.34. The van der Waals surface area contributed by atoms with Crippen LogP contribution in [0.15, 0.2) is 174 Å². The quantitative estimate of drug-likeness (QED) is 0.188.